The number of hydrogen-bond acceptors (Lipinski definition) is 5. The van der Waals surface area contributed by atoms with Crippen molar-refractivity contribution in [3.63, 3.8) is 0 Å². The van der Waals surface area contributed by atoms with Crippen LogP contribution in [0.1, 0.15) is 6.42 Å². The number of rotatable bonds is 6. The first-order valence-electron chi connectivity index (χ1n) is 7.31. The highest BCUT2D eigenvalue weighted by Crippen LogP contribution is 2.61. The van der Waals surface area contributed by atoms with Gasteiger partial charge in [0.25, 0.3) is 0 Å². The molecule has 0 aromatic rings. The van der Waals surface area contributed by atoms with E-state index in [-0.39, 0.29) is 0 Å². The van der Waals surface area contributed by atoms with E-state index in [9.17, 15) is 67.3 Å². The summed E-state index contributed by atoms with van der Waals surface area (Å²) in [5, 5.41) is 36.6. The van der Waals surface area contributed by atoms with Gasteiger partial charge in [-0.25, -0.2) is 0 Å². The number of aliphatic hydroxyl groups excluding tert-OH is 4. The van der Waals surface area contributed by atoms with Crippen molar-refractivity contribution in [2.24, 2.45) is 0 Å². The van der Waals surface area contributed by atoms with E-state index < -0.39 is 72.9 Å². The maximum Gasteiger partial charge on any atom is 0.460 e. The SMILES string of the molecule is OC1O[C@@H](CC(F)(F)C(F)(F)C(F)(F)C(F)(F)C(F)(F)C(F)(F)F)[C@H](O)[C@H](O)[C@H]1O. The van der Waals surface area contributed by atoms with Gasteiger partial charge in [0, 0.05) is 6.42 Å². The van der Waals surface area contributed by atoms with Gasteiger partial charge in [0.2, 0.25) is 0 Å². The lowest BCUT2D eigenvalue weighted by Crippen LogP contribution is -2.70. The normalized spacial score (nSPS) is 30.5. The monoisotopic (exact) mass is 482 g/mol. The fourth-order valence-electron chi connectivity index (χ4n) is 2.28. The molecule has 5 atom stereocenters. The zero-order chi connectivity index (χ0) is 24.3. The molecule has 1 rings (SSSR count). The van der Waals surface area contributed by atoms with E-state index in [2.05, 4.69) is 4.74 Å². The van der Waals surface area contributed by atoms with Gasteiger partial charge in [0.1, 0.15) is 18.3 Å². The molecule has 180 valence electrons. The van der Waals surface area contributed by atoms with Crippen LogP contribution < -0.4 is 0 Å². The number of halogens is 13. The minimum absolute atomic E-state index is 2.43. The molecule has 0 bridgehead atoms. The van der Waals surface area contributed by atoms with Gasteiger partial charge < -0.3 is 25.2 Å². The maximum atomic E-state index is 13.7. The molecule has 1 aliphatic heterocycles. The fraction of sp³-hybridized carbons (Fsp3) is 1.00. The molecule has 0 aromatic heterocycles. The maximum absolute atomic E-state index is 13.7. The third-order valence-corrected chi connectivity index (χ3v) is 4.14. The quantitative estimate of drug-likeness (QED) is 0.435. The Morgan fingerprint density at radius 2 is 0.933 bits per heavy atom. The third kappa shape index (κ3) is 3.80. The van der Waals surface area contributed by atoms with Gasteiger partial charge in [-0.15, -0.1) is 0 Å². The van der Waals surface area contributed by atoms with E-state index in [0.717, 1.165) is 0 Å². The minimum Gasteiger partial charge on any atom is -0.388 e. The van der Waals surface area contributed by atoms with Crippen LogP contribution in [0, 0.1) is 0 Å². The van der Waals surface area contributed by atoms with Crippen LogP contribution in [0.4, 0.5) is 57.1 Å². The second-order valence-electron chi connectivity index (χ2n) is 6.24. The van der Waals surface area contributed by atoms with Crippen LogP contribution in [-0.2, 0) is 4.74 Å². The van der Waals surface area contributed by atoms with Crippen LogP contribution in [0.3, 0.4) is 0 Å². The summed E-state index contributed by atoms with van der Waals surface area (Å²) in [6.45, 7) is 0. The molecular formula is C12H11F13O5. The summed E-state index contributed by atoms with van der Waals surface area (Å²) in [6, 6.07) is 0. The Labute approximate surface area is 156 Å². The van der Waals surface area contributed by atoms with Crippen molar-refractivity contribution in [1.82, 2.24) is 0 Å². The molecule has 4 N–H and O–H groups in total. The van der Waals surface area contributed by atoms with Crippen molar-refractivity contribution in [3.05, 3.63) is 0 Å². The Morgan fingerprint density at radius 1 is 0.533 bits per heavy atom. The first-order chi connectivity index (χ1) is 13.0. The first kappa shape index (κ1) is 26.9. The summed E-state index contributed by atoms with van der Waals surface area (Å²) in [7, 11) is 0. The van der Waals surface area contributed by atoms with Crippen molar-refractivity contribution in [3.8, 4) is 0 Å². The molecule has 18 heteroatoms. The molecule has 1 fully saturated rings. The second kappa shape index (κ2) is 7.49. The Morgan fingerprint density at radius 3 is 1.33 bits per heavy atom. The van der Waals surface area contributed by atoms with Gasteiger partial charge in [0.05, 0.1) is 6.10 Å². The number of aliphatic hydroxyl groups is 4. The van der Waals surface area contributed by atoms with Gasteiger partial charge in [-0.3, -0.25) is 0 Å². The van der Waals surface area contributed by atoms with E-state index in [1.54, 1.807) is 0 Å². The summed E-state index contributed by atoms with van der Waals surface area (Å²) < 4.78 is 173. The molecule has 30 heavy (non-hydrogen) atoms. The average molecular weight is 482 g/mol. The Bertz CT molecular complexity index is 622. The molecule has 1 unspecified atom stereocenters. The number of hydrogen-bond donors (Lipinski definition) is 4. The zero-order valence-electron chi connectivity index (χ0n) is 13.7. The lowest BCUT2D eigenvalue weighted by molar-refractivity contribution is -0.441. The van der Waals surface area contributed by atoms with Crippen LogP contribution in [0.2, 0.25) is 0 Å². The second-order valence-corrected chi connectivity index (χ2v) is 6.24. The number of alkyl halides is 13. The molecule has 0 aliphatic carbocycles. The largest absolute Gasteiger partial charge is 0.460 e. The average Bonchev–Trinajstić information content (AvgIpc) is 2.55. The Balaban J connectivity index is 3.33. The molecule has 0 aromatic carbocycles. The molecular weight excluding hydrogens is 471 g/mol. The van der Waals surface area contributed by atoms with Crippen molar-refractivity contribution in [2.75, 3.05) is 0 Å². The van der Waals surface area contributed by atoms with Crippen LogP contribution in [0.25, 0.3) is 0 Å². The minimum atomic E-state index is -8.08. The molecule has 5 nitrogen and oxygen atoms in total. The van der Waals surface area contributed by atoms with Crippen molar-refractivity contribution < 1.29 is 82.2 Å². The van der Waals surface area contributed by atoms with E-state index in [1.807, 2.05) is 0 Å². The molecule has 1 heterocycles. The van der Waals surface area contributed by atoms with Gasteiger partial charge in [-0.05, 0) is 0 Å². The van der Waals surface area contributed by atoms with Crippen LogP contribution in [0.5, 0.6) is 0 Å². The molecule has 0 saturated carbocycles. The highest BCUT2D eigenvalue weighted by molar-refractivity contribution is 5.11. The molecule has 1 saturated heterocycles. The van der Waals surface area contributed by atoms with E-state index in [4.69, 9.17) is 10.2 Å². The van der Waals surface area contributed by atoms with Crippen LogP contribution in [-0.4, -0.2) is 86.9 Å². The van der Waals surface area contributed by atoms with Crippen molar-refractivity contribution in [2.45, 2.75) is 72.9 Å². The zero-order valence-corrected chi connectivity index (χ0v) is 13.7. The van der Waals surface area contributed by atoms with Crippen molar-refractivity contribution >= 4 is 0 Å². The van der Waals surface area contributed by atoms with Crippen molar-refractivity contribution in [1.29, 1.82) is 0 Å². The van der Waals surface area contributed by atoms with E-state index in [1.165, 1.54) is 0 Å². The summed E-state index contributed by atoms with van der Waals surface area (Å²) >= 11 is 0. The predicted octanol–water partition coefficient (Wildman–Crippen LogP) is 1.92. The van der Waals surface area contributed by atoms with E-state index in [0.29, 0.717) is 0 Å². The molecule has 0 radical (unpaired) electrons. The third-order valence-electron chi connectivity index (χ3n) is 4.14. The molecule has 1 aliphatic rings. The fourth-order valence-corrected chi connectivity index (χ4v) is 2.28. The summed E-state index contributed by atoms with van der Waals surface area (Å²) in [5.74, 6) is -38.1. The van der Waals surface area contributed by atoms with Gasteiger partial charge in [-0.2, -0.15) is 57.1 Å². The predicted molar refractivity (Wildman–Crippen MR) is 64.3 cm³/mol. The molecule has 0 amide bonds. The number of ether oxygens (including phenoxy) is 1. The lowest BCUT2D eigenvalue weighted by Gasteiger charge is -2.43. The van der Waals surface area contributed by atoms with Gasteiger partial charge in [-0.1, -0.05) is 0 Å². The van der Waals surface area contributed by atoms with Gasteiger partial charge >= 0.3 is 35.8 Å². The van der Waals surface area contributed by atoms with Crippen LogP contribution in [0.15, 0.2) is 0 Å². The Kier molecular flexibility index (Phi) is 6.72. The molecule has 0 spiro atoms. The highest BCUT2D eigenvalue weighted by atomic mass is 19.4. The lowest BCUT2D eigenvalue weighted by atomic mass is 9.88. The Hall–Kier alpha value is -1.11. The topological polar surface area (TPSA) is 90.2 Å². The smallest absolute Gasteiger partial charge is 0.388 e. The first-order valence-corrected chi connectivity index (χ1v) is 7.31. The van der Waals surface area contributed by atoms with E-state index >= 15 is 0 Å². The van der Waals surface area contributed by atoms with Crippen LogP contribution >= 0.6 is 0 Å². The standard InChI is InChI=1S/C12H11F13O5/c13-7(14,1-2-3(26)4(27)5(28)6(29)30-2)8(15,16)9(17,18)10(19,20)11(21,22)12(23,24)25/h2-6,26-29H,1H2/t2-,3-,4-,5+,6?/m0/s1. The summed E-state index contributed by atoms with van der Waals surface area (Å²) in [5.41, 5.74) is 0. The van der Waals surface area contributed by atoms with Gasteiger partial charge in [0.15, 0.2) is 6.29 Å². The summed E-state index contributed by atoms with van der Waals surface area (Å²) in [4.78, 5) is 0. The summed E-state index contributed by atoms with van der Waals surface area (Å²) in [6.07, 6.45) is -24.1. The highest BCUT2D eigenvalue weighted by Gasteiger charge is 2.90.